The number of hydrogen-bond acceptors (Lipinski definition) is 4. The van der Waals surface area contributed by atoms with E-state index in [9.17, 15) is 5.11 Å². The molecule has 1 rings (SSSR count). The van der Waals surface area contributed by atoms with E-state index in [2.05, 4.69) is 0 Å². The van der Waals surface area contributed by atoms with Gasteiger partial charge in [-0.1, -0.05) is 0 Å². The Kier molecular flexibility index (Phi) is 5.07. The molecule has 14 heavy (non-hydrogen) atoms. The van der Waals surface area contributed by atoms with Gasteiger partial charge in [0.2, 0.25) is 0 Å². The molecular weight excluding hydrogens is 200 g/mol. The van der Waals surface area contributed by atoms with Gasteiger partial charge in [-0.15, -0.1) is 11.8 Å². The first-order valence-electron chi connectivity index (χ1n) is 4.66. The molecule has 0 aromatic carbocycles. The summed E-state index contributed by atoms with van der Waals surface area (Å²) in [4.78, 5) is 1.08. The maximum Gasteiger partial charge on any atom is 0.114 e. The van der Waals surface area contributed by atoms with Crippen molar-refractivity contribution in [2.24, 2.45) is 0 Å². The van der Waals surface area contributed by atoms with Crippen LogP contribution in [0.2, 0.25) is 0 Å². The van der Waals surface area contributed by atoms with Gasteiger partial charge in [0.15, 0.2) is 0 Å². The van der Waals surface area contributed by atoms with Gasteiger partial charge in [-0.3, -0.25) is 0 Å². The topological polar surface area (TPSA) is 42.6 Å². The van der Waals surface area contributed by atoms with Crippen molar-refractivity contribution in [3.8, 4) is 0 Å². The van der Waals surface area contributed by atoms with Gasteiger partial charge >= 0.3 is 0 Å². The Morgan fingerprint density at radius 2 is 2.43 bits per heavy atom. The lowest BCUT2D eigenvalue weighted by Crippen LogP contribution is -2.17. The van der Waals surface area contributed by atoms with Gasteiger partial charge < -0.3 is 14.3 Å². The van der Waals surface area contributed by atoms with E-state index in [4.69, 9.17) is 9.15 Å². The molecule has 1 aromatic heterocycles. The highest BCUT2D eigenvalue weighted by molar-refractivity contribution is 7.99. The largest absolute Gasteiger partial charge is 0.468 e. The molecular formula is C10H16O3S. The molecule has 1 atom stereocenters. The smallest absolute Gasteiger partial charge is 0.114 e. The first-order valence-corrected chi connectivity index (χ1v) is 5.65. The number of rotatable bonds is 6. The van der Waals surface area contributed by atoms with Crippen LogP contribution in [0.3, 0.4) is 0 Å². The lowest BCUT2D eigenvalue weighted by Gasteiger charge is -2.09. The predicted molar refractivity (Wildman–Crippen MR) is 56.7 cm³/mol. The number of furan rings is 1. The Hall–Kier alpha value is -0.450. The SMILES string of the molecule is CCOCC(O)CSc1ccoc1C. The quantitative estimate of drug-likeness (QED) is 0.739. The third-order valence-corrected chi connectivity index (χ3v) is 3.04. The average molecular weight is 216 g/mol. The van der Waals surface area contributed by atoms with Gasteiger partial charge in [0.05, 0.1) is 19.0 Å². The Morgan fingerprint density at radius 3 is 3.00 bits per heavy atom. The summed E-state index contributed by atoms with van der Waals surface area (Å²) in [6, 6.07) is 1.91. The maximum atomic E-state index is 9.49. The Morgan fingerprint density at radius 1 is 1.64 bits per heavy atom. The standard InChI is InChI=1S/C10H16O3S/c1-3-12-6-9(11)7-14-10-4-5-13-8(10)2/h4-5,9,11H,3,6-7H2,1-2H3. The van der Waals surface area contributed by atoms with Crippen molar-refractivity contribution in [3.63, 3.8) is 0 Å². The summed E-state index contributed by atoms with van der Waals surface area (Å²) in [5.41, 5.74) is 0. The summed E-state index contributed by atoms with van der Waals surface area (Å²) in [5.74, 6) is 1.54. The number of aliphatic hydroxyl groups is 1. The Labute approximate surface area is 88.4 Å². The molecule has 0 aliphatic carbocycles. The van der Waals surface area contributed by atoms with Gasteiger partial charge in [0, 0.05) is 17.3 Å². The fourth-order valence-electron chi connectivity index (χ4n) is 1.01. The van der Waals surface area contributed by atoms with E-state index >= 15 is 0 Å². The van der Waals surface area contributed by atoms with Gasteiger partial charge in [0.1, 0.15) is 5.76 Å². The second-order valence-corrected chi connectivity index (χ2v) is 4.03. The Bertz CT molecular complexity index is 260. The summed E-state index contributed by atoms with van der Waals surface area (Å²) in [7, 11) is 0. The van der Waals surface area contributed by atoms with Crippen LogP contribution in [0.15, 0.2) is 21.6 Å². The molecule has 3 nitrogen and oxygen atoms in total. The van der Waals surface area contributed by atoms with Crippen molar-refractivity contribution in [2.75, 3.05) is 19.0 Å². The van der Waals surface area contributed by atoms with Crippen molar-refractivity contribution in [1.29, 1.82) is 0 Å². The minimum atomic E-state index is -0.408. The molecule has 0 saturated carbocycles. The third-order valence-electron chi connectivity index (χ3n) is 1.76. The van der Waals surface area contributed by atoms with Crippen LogP contribution in [0.1, 0.15) is 12.7 Å². The molecule has 0 bridgehead atoms. The number of thioether (sulfide) groups is 1. The lowest BCUT2D eigenvalue weighted by atomic mass is 10.4. The van der Waals surface area contributed by atoms with E-state index in [0.717, 1.165) is 10.7 Å². The van der Waals surface area contributed by atoms with Gasteiger partial charge in [-0.2, -0.15) is 0 Å². The number of aryl methyl sites for hydroxylation is 1. The van der Waals surface area contributed by atoms with Crippen LogP contribution in [0, 0.1) is 6.92 Å². The minimum absolute atomic E-state index is 0.403. The normalized spacial score (nSPS) is 13.1. The van der Waals surface area contributed by atoms with E-state index in [1.54, 1.807) is 18.0 Å². The predicted octanol–water partition coefficient (Wildman–Crippen LogP) is 2.08. The molecule has 0 aliphatic heterocycles. The number of ether oxygens (including phenoxy) is 1. The molecule has 1 aromatic rings. The lowest BCUT2D eigenvalue weighted by molar-refractivity contribution is 0.0551. The summed E-state index contributed by atoms with van der Waals surface area (Å²) in [5, 5.41) is 9.49. The van der Waals surface area contributed by atoms with E-state index in [1.165, 1.54) is 0 Å². The van der Waals surface area contributed by atoms with Crippen molar-refractivity contribution >= 4 is 11.8 Å². The minimum Gasteiger partial charge on any atom is -0.468 e. The molecule has 0 amide bonds. The first-order chi connectivity index (χ1) is 6.74. The number of hydrogen-bond donors (Lipinski definition) is 1. The van der Waals surface area contributed by atoms with Crippen LogP contribution in [0.25, 0.3) is 0 Å². The molecule has 0 aliphatic rings. The molecule has 1 heterocycles. The van der Waals surface area contributed by atoms with Crippen molar-refractivity contribution in [3.05, 3.63) is 18.1 Å². The van der Waals surface area contributed by atoms with E-state index in [-0.39, 0.29) is 0 Å². The van der Waals surface area contributed by atoms with Gasteiger partial charge in [-0.25, -0.2) is 0 Å². The molecule has 0 saturated heterocycles. The molecule has 0 spiro atoms. The molecule has 80 valence electrons. The van der Waals surface area contributed by atoms with E-state index in [1.807, 2.05) is 19.9 Å². The van der Waals surface area contributed by atoms with E-state index < -0.39 is 6.10 Å². The summed E-state index contributed by atoms with van der Waals surface area (Å²) < 4.78 is 10.3. The van der Waals surface area contributed by atoms with Crippen LogP contribution < -0.4 is 0 Å². The van der Waals surface area contributed by atoms with Gasteiger partial charge in [0.25, 0.3) is 0 Å². The van der Waals surface area contributed by atoms with Crippen LogP contribution in [0.5, 0.6) is 0 Å². The second kappa shape index (κ2) is 6.11. The van der Waals surface area contributed by atoms with E-state index in [0.29, 0.717) is 19.0 Å². The van der Waals surface area contributed by atoms with Crippen LogP contribution in [-0.2, 0) is 4.74 Å². The van der Waals surface area contributed by atoms with Gasteiger partial charge in [-0.05, 0) is 19.9 Å². The van der Waals surface area contributed by atoms with Crippen molar-refractivity contribution in [2.45, 2.75) is 24.8 Å². The molecule has 1 N–H and O–H groups in total. The fourth-order valence-corrected chi connectivity index (χ4v) is 1.88. The highest BCUT2D eigenvalue weighted by atomic mass is 32.2. The summed E-state index contributed by atoms with van der Waals surface area (Å²) in [6.07, 6.45) is 1.25. The van der Waals surface area contributed by atoms with Crippen molar-refractivity contribution < 1.29 is 14.3 Å². The zero-order valence-corrected chi connectivity index (χ0v) is 9.34. The Balaban J connectivity index is 2.23. The summed E-state index contributed by atoms with van der Waals surface area (Å²) >= 11 is 1.59. The molecule has 4 heteroatoms. The highest BCUT2D eigenvalue weighted by Gasteiger charge is 2.07. The first kappa shape index (κ1) is 11.6. The summed E-state index contributed by atoms with van der Waals surface area (Å²) in [6.45, 7) is 4.88. The highest BCUT2D eigenvalue weighted by Crippen LogP contribution is 2.23. The average Bonchev–Trinajstić information content (AvgIpc) is 2.58. The van der Waals surface area contributed by atoms with Crippen molar-refractivity contribution in [1.82, 2.24) is 0 Å². The monoisotopic (exact) mass is 216 g/mol. The molecule has 1 unspecified atom stereocenters. The second-order valence-electron chi connectivity index (χ2n) is 2.97. The number of aliphatic hydroxyl groups excluding tert-OH is 1. The molecule has 0 radical (unpaired) electrons. The van der Waals surface area contributed by atoms with Crippen LogP contribution >= 0.6 is 11.8 Å². The van der Waals surface area contributed by atoms with Crippen LogP contribution in [-0.4, -0.2) is 30.2 Å². The third kappa shape index (κ3) is 3.74. The zero-order valence-electron chi connectivity index (χ0n) is 8.53. The maximum absolute atomic E-state index is 9.49. The zero-order chi connectivity index (χ0) is 10.4. The molecule has 0 fully saturated rings. The van der Waals surface area contributed by atoms with Crippen LogP contribution in [0.4, 0.5) is 0 Å². The fraction of sp³-hybridized carbons (Fsp3) is 0.600.